The van der Waals surface area contributed by atoms with Gasteiger partial charge in [0.1, 0.15) is 11.9 Å². The molecule has 4 rings (SSSR count). The molecule has 128 valence electrons. The van der Waals surface area contributed by atoms with Crippen LogP contribution >= 0.6 is 0 Å². The highest BCUT2D eigenvalue weighted by atomic mass is 16.3. The number of fused-ring (bicyclic) bond motifs is 1. The number of urea groups is 1. The van der Waals surface area contributed by atoms with Crippen molar-refractivity contribution in [3.05, 3.63) is 41.6 Å². The monoisotopic (exact) mass is 330 g/mol. The standard InChI is InChI=1S/C17H22N4O3/c22-16(12-4-5-12)15-9-13-11-20(6-2-7-21(13)19-15)17(23)18-10-14-3-1-8-24-14/h1,3,8-9,12,16,22H,2,4-7,10-11H2,(H,18,23)/t16-/m1/s1. The maximum Gasteiger partial charge on any atom is 0.318 e. The predicted molar refractivity (Wildman–Crippen MR) is 85.9 cm³/mol. The summed E-state index contributed by atoms with van der Waals surface area (Å²) >= 11 is 0. The molecule has 7 nitrogen and oxygen atoms in total. The second kappa shape index (κ2) is 6.32. The van der Waals surface area contributed by atoms with Crippen LogP contribution in [-0.4, -0.2) is 32.4 Å². The first kappa shape index (κ1) is 15.3. The molecule has 7 heteroatoms. The first-order chi connectivity index (χ1) is 11.7. The summed E-state index contributed by atoms with van der Waals surface area (Å²) in [5, 5.41) is 17.7. The number of furan rings is 1. The van der Waals surface area contributed by atoms with Crippen LogP contribution in [0, 0.1) is 5.92 Å². The third-order valence-corrected chi connectivity index (χ3v) is 4.69. The van der Waals surface area contributed by atoms with Crippen molar-refractivity contribution in [1.82, 2.24) is 20.0 Å². The Labute approximate surface area is 140 Å². The van der Waals surface area contributed by atoms with E-state index in [9.17, 15) is 9.90 Å². The molecular formula is C17H22N4O3. The average molecular weight is 330 g/mol. The van der Waals surface area contributed by atoms with E-state index >= 15 is 0 Å². The summed E-state index contributed by atoms with van der Waals surface area (Å²) in [7, 11) is 0. The van der Waals surface area contributed by atoms with Gasteiger partial charge in [0.15, 0.2) is 0 Å². The molecule has 0 unspecified atom stereocenters. The number of nitrogens with zero attached hydrogens (tertiary/aromatic N) is 3. The van der Waals surface area contributed by atoms with Crippen LogP contribution in [0.1, 0.15) is 42.5 Å². The molecule has 0 radical (unpaired) electrons. The van der Waals surface area contributed by atoms with Crippen LogP contribution in [0.4, 0.5) is 4.79 Å². The van der Waals surface area contributed by atoms with Crippen molar-refractivity contribution >= 4 is 6.03 Å². The molecule has 2 aromatic heterocycles. The zero-order valence-corrected chi connectivity index (χ0v) is 13.5. The Bertz CT molecular complexity index is 705. The number of amides is 2. The summed E-state index contributed by atoms with van der Waals surface area (Å²) in [6, 6.07) is 5.48. The van der Waals surface area contributed by atoms with Crippen LogP contribution in [0.25, 0.3) is 0 Å². The number of carbonyl (C=O) groups is 1. The van der Waals surface area contributed by atoms with Gasteiger partial charge in [0.25, 0.3) is 0 Å². The summed E-state index contributed by atoms with van der Waals surface area (Å²) in [4.78, 5) is 14.2. The number of aliphatic hydroxyl groups excluding tert-OH is 1. The number of aromatic nitrogens is 2. The summed E-state index contributed by atoms with van der Waals surface area (Å²) < 4.78 is 7.17. The summed E-state index contributed by atoms with van der Waals surface area (Å²) in [6.45, 7) is 2.35. The second-order valence-corrected chi connectivity index (χ2v) is 6.58. The molecule has 24 heavy (non-hydrogen) atoms. The topological polar surface area (TPSA) is 83.5 Å². The maximum atomic E-state index is 12.4. The highest BCUT2D eigenvalue weighted by Crippen LogP contribution is 2.40. The zero-order valence-electron chi connectivity index (χ0n) is 13.5. The number of rotatable bonds is 4. The normalized spacial score (nSPS) is 18.8. The third-order valence-electron chi connectivity index (χ3n) is 4.69. The fourth-order valence-corrected chi connectivity index (χ4v) is 3.14. The van der Waals surface area contributed by atoms with Gasteiger partial charge < -0.3 is 19.7 Å². The van der Waals surface area contributed by atoms with E-state index < -0.39 is 6.10 Å². The van der Waals surface area contributed by atoms with Gasteiger partial charge in [-0.3, -0.25) is 4.68 Å². The Hall–Kier alpha value is -2.28. The molecule has 2 aliphatic rings. The molecule has 1 atom stereocenters. The number of aliphatic hydroxyl groups is 1. The van der Waals surface area contributed by atoms with E-state index in [-0.39, 0.29) is 6.03 Å². The van der Waals surface area contributed by atoms with Crippen molar-refractivity contribution < 1.29 is 14.3 Å². The van der Waals surface area contributed by atoms with Gasteiger partial charge in [0.05, 0.1) is 30.7 Å². The van der Waals surface area contributed by atoms with Crippen LogP contribution in [-0.2, 0) is 19.6 Å². The van der Waals surface area contributed by atoms with E-state index in [1.54, 1.807) is 17.2 Å². The molecule has 2 amide bonds. The molecule has 2 aromatic rings. The third kappa shape index (κ3) is 3.17. The van der Waals surface area contributed by atoms with Gasteiger partial charge in [-0.05, 0) is 43.4 Å². The first-order valence-electron chi connectivity index (χ1n) is 8.50. The Balaban J connectivity index is 1.42. The van der Waals surface area contributed by atoms with Gasteiger partial charge in [0, 0.05) is 13.1 Å². The Morgan fingerprint density at radius 1 is 1.46 bits per heavy atom. The Kier molecular flexibility index (Phi) is 4.02. The Morgan fingerprint density at radius 3 is 3.08 bits per heavy atom. The van der Waals surface area contributed by atoms with Gasteiger partial charge in [-0.25, -0.2) is 4.79 Å². The highest BCUT2D eigenvalue weighted by Gasteiger charge is 2.33. The molecule has 1 aliphatic heterocycles. The van der Waals surface area contributed by atoms with E-state index in [1.807, 2.05) is 16.8 Å². The van der Waals surface area contributed by atoms with E-state index in [2.05, 4.69) is 10.4 Å². The number of carbonyl (C=O) groups excluding carboxylic acids is 1. The van der Waals surface area contributed by atoms with Crippen molar-refractivity contribution in [2.75, 3.05) is 6.54 Å². The zero-order chi connectivity index (χ0) is 16.5. The molecule has 0 aromatic carbocycles. The van der Waals surface area contributed by atoms with Gasteiger partial charge in [-0.2, -0.15) is 5.10 Å². The fourth-order valence-electron chi connectivity index (χ4n) is 3.14. The lowest BCUT2D eigenvalue weighted by Gasteiger charge is -2.20. The molecule has 0 bridgehead atoms. The Morgan fingerprint density at radius 2 is 2.33 bits per heavy atom. The van der Waals surface area contributed by atoms with Crippen molar-refractivity contribution in [1.29, 1.82) is 0 Å². The van der Waals surface area contributed by atoms with Crippen molar-refractivity contribution in [3.8, 4) is 0 Å². The summed E-state index contributed by atoms with van der Waals surface area (Å²) in [5.41, 5.74) is 1.72. The minimum Gasteiger partial charge on any atom is -0.467 e. The quantitative estimate of drug-likeness (QED) is 0.898. The van der Waals surface area contributed by atoms with Crippen molar-refractivity contribution in [2.24, 2.45) is 5.92 Å². The highest BCUT2D eigenvalue weighted by molar-refractivity contribution is 5.74. The number of hydrogen-bond acceptors (Lipinski definition) is 4. The van der Waals surface area contributed by atoms with E-state index in [4.69, 9.17) is 4.42 Å². The molecule has 2 N–H and O–H groups in total. The smallest absolute Gasteiger partial charge is 0.318 e. The number of hydrogen-bond donors (Lipinski definition) is 2. The molecule has 1 saturated carbocycles. The fraction of sp³-hybridized carbons (Fsp3) is 0.529. The largest absolute Gasteiger partial charge is 0.467 e. The summed E-state index contributed by atoms with van der Waals surface area (Å²) in [6.07, 6.45) is 4.13. The minimum atomic E-state index is -0.467. The average Bonchev–Trinajstić information content (AvgIpc) is 3.23. The van der Waals surface area contributed by atoms with E-state index in [0.29, 0.717) is 25.6 Å². The lowest BCUT2D eigenvalue weighted by molar-refractivity contribution is 0.148. The van der Waals surface area contributed by atoms with Gasteiger partial charge in [-0.15, -0.1) is 0 Å². The van der Waals surface area contributed by atoms with E-state index in [1.165, 1.54) is 0 Å². The maximum absolute atomic E-state index is 12.4. The molecule has 0 saturated heterocycles. The molecule has 0 spiro atoms. The second-order valence-electron chi connectivity index (χ2n) is 6.58. The van der Waals surface area contributed by atoms with Gasteiger partial charge in [0.2, 0.25) is 0 Å². The number of nitrogens with one attached hydrogen (secondary N) is 1. The van der Waals surface area contributed by atoms with Crippen LogP contribution < -0.4 is 5.32 Å². The van der Waals surface area contributed by atoms with Crippen molar-refractivity contribution in [3.63, 3.8) is 0 Å². The van der Waals surface area contributed by atoms with Crippen LogP contribution in [0.3, 0.4) is 0 Å². The molecular weight excluding hydrogens is 308 g/mol. The first-order valence-corrected chi connectivity index (χ1v) is 8.50. The van der Waals surface area contributed by atoms with E-state index in [0.717, 1.165) is 43.0 Å². The van der Waals surface area contributed by atoms with Crippen molar-refractivity contribution in [2.45, 2.75) is 45.0 Å². The van der Waals surface area contributed by atoms with Gasteiger partial charge >= 0.3 is 6.03 Å². The van der Waals surface area contributed by atoms with Gasteiger partial charge in [-0.1, -0.05) is 0 Å². The van der Waals surface area contributed by atoms with Crippen LogP contribution in [0.2, 0.25) is 0 Å². The lowest BCUT2D eigenvalue weighted by atomic mass is 10.1. The van der Waals surface area contributed by atoms with Crippen LogP contribution in [0.15, 0.2) is 28.9 Å². The SMILES string of the molecule is O=C(NCc1ccco1)N1CCCn2nc([C@H](O)C3CC3)cc2C1. The lowest BCUT2D eigenvalue weighted by Crippen LogP contribution is -2.39. The number of aryl methyl sites for hydroxylation is 1. The minimum absolute atomic E-state index is 0.106. The van der Waals surface area contributed by atoms with Crippen LogP contribution in [0.5, 0.6) is 0 Å². The molecule has 1 aliphatic carbocycles. The molecule has 1 fully saturated rings. The summed E-state index contributed by atoms with van der Waals surface area (Å²) in [5.74, 6) is 1.09. The predicted octanol–water partition coefficient (Wildman–Crippen LogP) is 2.04. The molecule has 3 heterocycles.